The van der Waals surface area contributed by atoms with Crippen LogP contribution in [0.15, 0.2) is 18.2 Å². The minimum absolute atomic E-state index is 0.256. The van der Waals surface area contributed by atoms with Crippen molar-refractivity contribution >= 4 is 0 Å². The molecule has 1 unspecified atom stereocenters. The Hall–Kier alpha value is -1.04. The Morgan fingerprint density at radius 1 is 1.25 bits per heavy atom. The lowest BCUT2D eigenvalue weighted by Gasteiger charge is -2.31. The fourth-order valence-corrected chi connectivity index (χ4v) is 2.20. The highest BCUT2D eigenvalue weighted by molar-refractivity contribution is 5.26. The Morgan fingerprint density at radius 2 is 1.90 bits per heavy atom. The Bertz CT molecular complexity index is 424. The smallest absolute Gasteiger partial charge is 0.131 e. The van der Waals surface area contributed by atoms with Gasteiger partial charge in [0.15, 0.2) is 0 Å². The first-order valence-electron chi connectivity index (χ1n) is 7.00. The molecule has 0 heterocycles. The van der Waals surface area contributed by atoms with Gasteiger partial charge < -0.3 is 15.3 Å². The third kappa shape index (κ3) is 4.23. The van der Waals surface area contributed by atoms with Crippen molar-refractivity contribution in [3.63, 3.8) is 0 Å². The minimum atomic E-state index is -0.912. The number of nitrogens with zero attached hydrogens (tertiary/aromatic N) is 1. The number of rotatable bonds is 8. The number of halogens is 2. The number of aliphatic hydroxyl groups is 1. The highest BCUT2D eigenvalue weighted by atomic mass is 19.1. The molecule has 0 amide bonds. The van der Waals surface area contributed by atoms with E-state index in [-0.39, 0.29) is 12.2 Å². The van der Waals surface area contributed by atoms with Crippen LogP contribution in [0, 0.1) is 11.6 Å². The number of hydrogen-bond acceptors (Lipinski definition) is 3. The molecular weight excluding hydrogens is 262 g/mol. The van der Waals surface area contributed by atoms with Crippen LogP contribution in [0.5, 0.6) is 0 Å². The van der Waals surface area contributed by atoms with Crippen molar-refractivity contribution in [3.05, 3.63) is 35.4 Å². The summed E-state index contributed by atoms with van der Waals surface area (Å²) in [6.45, 7) is 8.93. The molecular formula is C15H24F2N2O. The monoisotopic (exact) mass is 286 g/mol. The minimum Gasteiger partial charge on any atom is -0.394 e. The summed E-state index contributed by atoms with van der Waals surface area (Å²) < 4.78 is 26.8. The second-order valence-electron chi connectivity index (χ2n) is 5.07. The van der Waals surface area contributed by atoms with Gasteiger partial charge in [0, 0.05) is 24.7 Å². The van der Waals surface area contributed by atoms with E-state index in [0.717, 1.165) is 25.7 Å². The zero-order valence-electron chi connectivity index (χ0n) is 12.4. The molecule has 0 aromatic heterocycles. The second-order valence-corrected chi connectivity index (χ2v) is 5.07. The van der Waals surface area contributed by atoms with Crippen LogP contribution in [0.1, 0.15) is 26.3 Å². The third-order valence-corrected chi connectivity index (χ3v) is 3.68. The molecule has 20 heavy (non-hydrogen) atoms. The molecule has 2 N–H and O–H groups in total. The molecule has 0 aliphatic heterocycles. The average molecular weight is 286 g/mol. The molecule has 1 aromatic carbocycles. The molecule has 0 saturated carbocycles. The van der Waals surface area contributed by atoms with Gasteiger partial charge in [0.05, 0.1) is 12.1 Å². The van der Waals surface area contributed by atoms with Crippen LogP contribution in [0.25, 0.3) is 0 Å². The van der Waals surface area contributed by atoms with Crippen molar-refractivity contribution in [3.8, 4) is 0 Å². The molecule has 0 aliphatic rings. The SMILES string of the molecule is CCN(CC)CCNC(C)(CO)c1ccc(F)cc1F. The van der Waals surface area contributed by atoms with Gasteiger partial charge in [-0.2, -0.15) is 0 Å². The standard InChI is InChI=1S/C15H24F2N2O/c1-4-19(5-2)9-8-18-15(3,11-20)13-7-6-12(16)10-14(13)17/h6-7,10,18,20H,4-5,8-9,11H2,1-3H3. The fraction of sp³-hybridized carbons (Fsp3) is 0.600. The van der Waals surface area contributed by atoms with Gasteiger partial charge in [-0.15, -0.1) is 0 Å². The summed E-state index contributed by atoms with van der Waals surface area (Å²) in [7, 11) is 0. The highest BCUT2D eigenvalue weighted by Gasteiger charge is 2.28. The van der Waals surface area contributed by atoms with Crippen molar-refractivity contribution in [2.45, 2.75) is 26.3 Å². The topological polar surface area (TPSA) is 35.5 Å². The summed E-state index contributed by atoms with van der Waals surface area (Å²) >= 11 is 0. The molecule has 5 heteroatoms. The molecule has 0 saturated heterocycles. The van der Waals surface area contributed by atoms with Gasteiger partial charge in [-0.1, -0.05) is 19.9 Å². The molecule has 1 aromatic rings. The Morgan fingerprint density at radius 3 is 2.40 bits per heavy atom. The van der Waals surface area contributed by atoms with E-state index >= 15 is 0 Å². The lowest BCUT2D eigenvalue weighted by atomic mass is 9.92. The van der Waals surface area contributed by atoms with Crippen molar-refractivity contribution in [1.29, 1.82) is 0 Å². The quantitative estimate of drug-likeness (QED) is 0.768. The Labute approximate surface area is 119 Å². The summed E-state index contributed by atoms with van der Waals surface area (Å²) in [6.07, 6.45) is 0. The zero-order chi connectivity index (χ0) is 15.2. The van der Waals surface area contributed by atoms with Gasteiger partial charge in [0.2, 0.25) is 0 Å². The molecule has 0 spiro atoms. The highest BCUT2D eigenvalue weighted by Crippen LogP contribution is 2.23. The number of aliphatic hydroxyl groups excluding tert-OH is 1. The van der Waals surface area contributed by atoms with E-state index in [1.165, 1.54) is 12.1 Å². The van der Waals surface area contributed by atoms with Gasteiger partial charge in [-0.05, 0) is 26.1 Å². The summed E-state index contributed by atoms with van der Waals surface area (Å²) in [6, 6.07) is 3.43. The third-order valence-electron chi connectivity index (χ3n) is 3.68. The van der Waals surface area contributed by atoms with E-state index in [0.29, 0.717) is 6.54 Å². The van der Waals surface area contributed by atoms with Crippen LogP contribution in [-0.2, 0) is 5.54 Å². The Balaban J connectivity index is 2.76. The van der Waals surface area contributed by atoms with Crippen molar-refractivity contribution in [2.24, 2.45) is 0 Å². The van der Waals surface area contributed by atoms with Crippen LogP contribution in [-0.4, -0.2) is 42.8 Å². The van der Waals surface area contributed by atoms with Crippen molar-refractivity contribution in [2.75, 3.05) is 32.8 Å². The first kappa shape index (κ1) is 17.0. The van der Waals surface area contributed by atoms with E-state index in [4.69, 9.17) is 0 Å². The van der Waals surface area contributed by atoms with Crippen LogP contribution < -0.4 is 5.32 Å². The predicted molar refractivity (Wildman–Crippen MR) is 76.6 cm³/mol. The maximum absolute atomic E-state index is 13.8. The largest absolute Gasteiger partial charge is 0.394 e. The Kier molecular flexibility index (Phi) is 6.52. The van der Waals surface area contributed by atoms with Crippen LogP contribution in [0.3, 0.4) is 0 Å². The predicted octanol–water partition coefficient (Wildman–Crippen LogP) is 2.10. The van der Waals surface area contributed by atoms with Gasteiger partial charge in [-0.25, -0.2) is 8.78 Å². The molecule has 1 rings (SSSR count). The van der Waals surface area contributed by atoms with E-state index in [9.17, 15) is 13.9 Å². The van der Waals surface area contributed by atoms with Crippen LogP contribution in [0.2, 0.25) is 0 Å². The van der Waals surface area contributed by atoms with Gasteiger partial charge >= 0.3 is 0 Å². The maximum Gasteiger partial charge on any atom is 0.131 e. The molecule has 0 aliphatic carbocycles. The molecule has 1 atom stereocenters. The zero-order valence-corrected chi connectivity index (χ0v) is 12.4. The van der Waals surface area contributed by atoms with E-state index in [1.807, 2.05) is 0 Å². The van der Waals surface area contributed by atoms with Crippen molar-refractivity contribution in [1.82, 2.24) is 10.2 Å². The van der Waals surface area contributed by atoms with Gasteiger partial charge in [0.1, 0.15) is 11.6 Å². The number of nitrogens with one attached hydrogen (secondary N) is 1. The van der Waals surface area contributed by atoms with Crippen LogP contribution in [0.4, 0.5) is 8.78 Å². The number of likely N-dealkylation sites (N-methyl/N-ethyl adjacent to an activating group) is 1. The second kappa shape index (κ2) is 7.67. The summed E-state index contributed by atoms with van der Waals surface area (Å²) in [5.41, 5.74) is -0.633. The maximum atomic E-state index is 13.8. The van der Waals surface area contributed by atoms with E-state index in [2.05, 4.69) is 24.1 Å². The lowest BCUT2D eigenvalue weighted by Crippen LogP contribution is -2.46. The molecule has 0 radical (unpaired) electrons. The number of benzene rings is 1. The van der Waals surface area contributed by atoms with E-state index < -0.39 is 17.2 Å². The average Bonchev–Trinajstić information content (AvgIpc) is 2.43. The number of hydrogen-bond donors (Lipinski definition) is 2. The van der Waals surface area contributed by atoms with Crippen molar-refractivity contribution < 1.29 is 13.9 Å². The molecule has 0 fully saturated rings. The van der Waals surface area contributed by atoms with Gasteiger partial charge in [-0.3, -0.25) is 0 Å². The van der Waals surface area contributed by atoms with Gasteiger partial charge in [0.25, 0.3) is 0 Å². The molecule has 114 valence electrons. The summed E-state index contributed by atoms with van der Waals surface area (Å²) in [4.78, 5) is 2.23. The molecule has 3 nitrogen and oxygen atoms in total. The first-order valence-corrected chi connectivity index (χ1v) is 7.00. The normalized spacial score (nSPS) is 14.6. The summed E-state index contributed by atoms with van der Waals surface area (Å²) in [5.74, 6) is -1.26. The fourth-order valence-electron chi connectivity index (χ4n) is 2.20. The summed E-state index contributed by atoms with van der Waals surface area (Å²) in [5, 5.41) is 12.7. The van der Waals surface area contributed by atoms with Crippen LogP contribution >= 0.6 is 0 Å². The lowest BCUT2D eigenvalue weighted by molar-refractivity contribution is 0.165. The van der Waals surface area contributed by atoms with E-state index in [1.54, 1.807) is 6.92 Å². The molecule has 0 bridgehead atoms. The first-order chi connectivity index (χ1) is 9.46.